The zero-order valence-electron chi connectivity index (χ0n) is 13.1. The largest absolute Gasteiger partial charge is 0.501 e. The fourth-order valence-corrected chi connectivity index (χ4v) is 3.52. The lowest BCUT2D eigenvalue weighted by atomic mass is 10.4. The molecule has 0 aromatic carbocycles. The van der Waals surface area contributed by atoms with Crippen molar-refractivity contribution in [1.29, 1.82) is 0 Å². The number of esters is 1. The van der Waals surface area contributed by atoms with Crippen LogP contribution in [0.1, 0.15) is 13.3 Å². The van der Waals surface area contributed by atoms with E-state index < -0.39 is 40.3 Å². The number of alkyl halides is 6. The summed E-state index contributed by atoms with van der Waals surface area (Å²) in [6, 6.07) is -0.390. The normalized spacial score (nSPS) is 13.0. The summed E-state index contributed by atoms with van der Waals surface area (Å²) in [4.78, 5) is 11.1. The van der Waals surface area contributed by atoms with Crippen molar-refractivity contribution in [3.05, 3.63) is 12.2 Å². The SMILES string of the molecule is C=C(C)C(=O)OCCC[Si](OC)(OCC(F)(F)F)OCC(F)(F)F. The minimum atomic E-state index is -4.76. The Bertz CT molecular complexity index is 405. The van der Waals surface area contributed by atoms with Gasteiger partial charge in [0.05, 0.1) is 6.61 Å². The van der Waals surface area contributed by atoms with Gasteiger partial charge < -0.3 is 18.0 Å². The number of rotatable bonds is 10. The summed E-state index contributed by atoms with van der Waals surface area (Å²) in [6.45, 7) is 0.833. The van der Waals surface area contributed by atoms with E-state index in [-0.39, 0.29) is 24.6 Å². The van der Waals surface area contributed by atoms with Crippen molar-refractivity contribution < 1.29 is 49.2 Å². The number of carbonyl (C=O) groups excluding carboxylic acids is 1. The second kappa shape index (κ2) is 9.39. The molecule has 0 saturated heterocycles. The van der Waals surface area contributed by atoms with Crippen LogP contribution in [0.2, 0.25) is 6.04 Å². The highest BCUT2D eigenvalue weighted by Crippen LogP contribution is 2.25. The first-order valence-electron chi connectivity index (χ1n) is 6.59. The van der Waals surface area contributed by atoms with Gasteiger partial charge in [-0.1, -0.05) is 6.58 Å². The Kier molecular flexibility index (Phi) is 8.96. The molecule has 0 rings (SSSR count). The zero-order valence-corrected chi connectivity index (χ0v) is 14.1. The van der Waals surface area contributed by atoms with Crippen molar-refractivity contribution >= 4 is 14.8 Å². The van der Waals surface area contributed by atoms with Gasteiger partial charge in [0.25, 0.3) is 0 Å². The number of hydrogen-bond donors (Lipinski definition) is 0. The van der Waals surface area contributed by atoms with Crippen LogP contribution in [0.25, 0.3) is 0 Å². The average Bonchev–Trinajstić information content (AvgIpc) is 2.43. The van der Waals surface area contributed by atoms with E-state index in [1.54, 1.807) is 0 Å². The summed E-state index contributed by atoms with van der Waals surface area (Å²) in [7, 11) is -3.34. The summed E-state index contributed by atoms with van der Waals surface area (Å²) in [5.74, 6) is -0.730. The van der Waals surface area contributed by atoms with Gasteiger partial charge >= 0.3 is 27.1 Å². The molecule has 5 nitrogen and oxygen atoms in total. The van der Waals surface area contributed by atoms with Gasteiger partial charge in [0.1, 0.15) is 13.2 Å². The second-order valence-electron chi connectivity index (χ2n) is 4.71. The van der Waals surface area contributed by atoms with E-state index in [2.05, 4.69) is 15.4 Å². The standard InChI is InChI=1S/C12H18F6O5Si/c1-9(2)10(19)21-5-4-6-24(20-3,22-7-11(13,14)15)23-8-12(16,17)18/h1,4-8H2,2-3H3. The summed E-state index contributed by atoms with van der Waals surface area (Å²) < 4.78 is 92.0. The first kappa shape index (κ1) is 22.9. The fourth-order valence-electron chi connectivity index (χ4n) is 1.37. The molecule has 0 spiro atoms. The molecule has 0 aromatic heterocycles. The molecule has 0 aliphatic heterocycles. The van der Waals surface area contributed by atoms with E-state index in [9.17, 15) is 31.1 Å². The summed E-state index contributed by atoms with van der Waals surface area (Å²) in [5, 5.41) is 0. The van der Waals surface area contributed by atoms with Gasteiger partial charge in [-0.15, -0.1) is 0 Å². The fraction of sp³-hybridized carbons (Fsp3) is 0.750. The molecular weight excluding hydrogens is 366 g/mol. The summed E-state index contributed by atoms with van der Waals surface area (Å²) in [5.41, 5.74) is 0.104. The number of ether oxygens (including phenoxy) is 1. The van der Waals surface area contributed by atoms with Gasteiger partial charge in [0.2, 0.25) is 0 Å². The number of hydrogen-bond acceptors (Lipinski definition) is 5. The minimum absolute atomic E-state index is 0.102. The second-order valence-corrected chi connectivity index (χ2v) is 7.57. The predicted octanol–water partition coefficient (Wildman–Crippen LogP) is 3.24. The highest BCUT2D eigenvalue weighted by atomic mass is 28.4. The van der Waals surface area contributed by atoms with Crippen LogP contribution in [-0.4, -0.2) is 54.1 Å². The third-order valence-corrected chi connectivity index (χ3v) is 5.19. The van der Waals surface area contributed by atoms with Crippen LogP contribution in [0.4, 0.5) is 26.3 Å². The molecule has 12 heteroatoms. The average molecular weight is 384 g/mol. The number of halogens is 6. The van der Waals surface area contributed by atoms with Crippen LogP contribution in [0.5, 0.6) is 0 Å². The Hall–Kier alpha value is -1.11. The van der Waals surface area contributed by atoms with Gasteiger partial charge in [-0.05, 0) is 13.3 Å². The molecule has 0 aromatic rings. The van der Waals surface area contributed by atoms with Crippen molar-refractivity contribution in [2.75, 3.05) is 26.9 Å². The molecule has 0 heterocycles. The minimum Gasteiger partial charge on any atom is -0.462 e. The Morgan fingerprint density at radius 1 is 1.04 bits per heavy atom. The molecule has 0 bridgehead atoms. The maximum atomic E-state index is 12.3. The zero-order chi connectivity index (χ0) is 19.0. The highest BCUT2D eigenvalue weighted by Gasteiger charge is 2.46. The van der Waals surface area contributed by atoms with E-state index in [1.807, 2.05) is 0 Å². The monoisotopic (exact) mass is 384 g/mol. The van der Waals surface area contributed by atoms with Crippen LogP contribution in [-0.2, 0) is 22.8 Å². The van der Waals surface area contributed by atoms with Crippen molar-refractivity contribution in [3.63, 3.8) is 0 Å². The molecule has 0 atom stereocenters. The number of carbonyl (C=O) groups is 1. The van der Waals surface area contributed by atoms with Crippen LogP contribution in [0.3, 0.4) is 0 Å². The van der Waals surface area contributed by atoms with E-state index in [4.69, 9.17) is 9.16 Å². The predicted molar refractivity (Wildman–Crippen MR) is 72.0 cm³/mol. The molecule has 0 unspecified atom stereocenters. The molecule has 0 amide bonds. The van der Waals surface area contributed by atoms with Crippen LogP contribution in [0, 0.1) is 0 Å². The van der Waals surface area contributed by atoms with Crippen molar-refractivity contribution in [2.24, 2.45) is 0 Å². The molecule has 0 aliphatic rings. The quantitative estimate of drug-likeness (QED) is 0.190. The molecular formula is C12H18F6O5Si. The molecule has 142 valence electrons. The Labute approximate surface area is 135 Å². The van der Waals surface area contributed by atoms with Gasteiger partial charge in [-0.25, -0.2) is 4.79 Å². The lowest BCUT2D eigenvalue weighted by molar-refractivity contribution is -0.180. The third-order valence-electron chi connectivity index (χ3n) is 2.43. The van der Waals surface area contributed by atoms with Crippen molar-refractivity contribution in [1.82, 2.24) is 0 Å². The molecule has 0 N–H and O–H groups in total. The van der Waals surface area contributed by atoms with Crippen LogP contribution >= 0.6 is 0 Å². The van der Waals surface area contributed by atoms with E-state index >= 15 is 0 Å². The Morgan fingerprint density at radius 3 is 1.83 bits per heavy atom. The summed E-state index contributed by atoms with van der Waals surface area (Å²) in [6.07, 6.45) is -9.62. The highest BCUT2D eigenvalue weighted by molar-refractivity contribution is 6.60. The van der Waals surface area contributed by atoms with Gasteiger partial charge in [0.15, 0.2) is 0 Å². The van der Waals surface area contributed by atoms with Crippen molar-refractivity contribution in [2.45, 2.75) is 31.7 Å². The molecule has 0 aliphatic carbocycles. The smallest absolute Gasteiger partial charge is 0.462 e. The van der Waals surface area contributed by atoms with Gasteiger partial charge in [-0.3, -0.25) is 0 Å². The lowest BCUT2D eigenvalue weighted by Gasteiger charge is -2.29. The Balaban J connectivity index is 4.75. The molecule has 0 radical (unpaired) electrons. The summed E-state index contributed by atoms with van der Waals surface area (Å²) >= 11 is 0. The van der Waals surface area contributed by atoms with Gasteiger partial charge in [-0.2, -0.15) is 26.3 Å². The Morgan fingerprint density at radius 2 is 1.50 bits per heavy atom. The first-order chi connectivity index (χ1) is 10.8. The van der Waals surface area contributed by atoms with E-state index in [1.165, 1.54) is 6.92 Å². The maximum Gasteiger partial charge on any atom is 0.501 e. The topological polar surface area (TPSA) is 54.0 Å². The van der Waals surface area contributed by atoms with Crippen LogP contribution in [0.15, 0.2) is 12.2 Å². The maximum absolute atomic E-state index is 12.3. The van der Waals surface area contributed by atoms with E-state index in [0.29, 0.717) is 0 Å². The third kappa shape index (κ3) is 10.6. The molecule has 24 heavy (non-hydrogen) atoms. The van der Waals surface area contributed by atoms with Gasteiger partial charge in [0, 0.05) is 18.7 Å². The first-order valence-corrected chi connectivity index (χ1v) is 8.52. The molecule has 0 saturated carbocycles. The lowest BCUT2D eigenvalue weighted by Crippen LogP contribution is -2.48. The van der Waals surface area contributed by atoms with Crippen molar-refractivity contribution in [3.8, 4) is 0 Å². The van der Waals surface area contributed by atoms with E-state index in [0.717, 1.165) is 7.11 Å². The molecule has 0 fully saturated rings. The van der Waals surface area contributed by atoms with Crippen LogP contribution < -0.4 is 0 Å².